The molecule has 0 heterocycles. The number of hydrogen-bond donors (Lipinski definition) is 2. The molecule has 1 aromatic rings. The van der Waals surface area contributed by atoms with Crippen LogP contribution in [0.2, 0.25) is 0 Å². The highest BCUT2D eigenvalue weighted by molar-refractivity contribution is 5.97. The number of aliphatic hydroxyl groups excluding tert-OH is 1. The first-order valence-electron chi connectivity index (χ1n) is 7.71. The molecule has 1 aromatic carbocycles. The summed E-state index contributed by atoms with van der Waals surface area (Å²) in [5.41, 5.74) is 0.302. The topological polar surface area (TPSA) is 69.6 Å². The van der Waals surface area contributed by atoms with Crippen molar-refractivity contribution in [2.24, 2.45) is 5.92 Å². The van der Waals surface area contributed by atoms with Crippen molar-refractivity contribution in [1.82, 2.24) is 10.2 Å². The molecular weight excluding hydrogens is 299 g/mol. The molecule has 2 atom stereocenters. The molecule has 0 aliphatic rings. The maximum absolute atomic E-state index is 12.9. The van der Waals surface area contributed by atoms with Gasteiger partial charge in [0.05, 0.1) is 6.10 Å². The van der Waals surface area contributed by atoms with Crippen LogP contribution in [0.1, 0.15) is 37.6 Å². The zero-order valence-corrected chi connectivity index (χ0v) is 14.0. The Kier molecular flexibility index (Phi) is 7.16. The number of likely N-dealkylation sites (N-methyl/N-ethyl adjacent to an activating group) is 1. The number of hydrogen-bond acceptors (Lipinski definition) is 3. The van der Waals surface area contributed by atoms with E-state index < -0.39 is 23.9 Å². The molecule has 23 heavy (non-hydrogen) atoms. The van der Waals surface area contributed by atoms with E-state index in [0.717, 1.165) is 0 Å². The number of halogens is 1. The number of carbonyl (C=O) groups excluding carboxylic acids is 2. The van der Waals surface area contributed by atoms with Gasteiger partial charge in [0.2, 0.25) is 5.91 Å². The monoisotopic (exact) mass is 324 g/mol. The smallest absolute Gasteiger partial charge is 0.251 e. The van der Waals surface area contributed by atoms with Crippen LogP contribution in [0, 0.1) is 11.7 Å². The highest BCUT2D eigenvalue weighted by atomic mass is 19.1. The van der Waals surface area contributed by atoms with Crippen LogP contribution >= 0.6 is 0 Å². The summed E-state index contributed by atoms with van der Waals surface area (Å²) in [6.07, 6.45) is -0.0181. The molecule has 0 spiro atoms. The summed E-state index contributed by atoms with van der Waals surface area (Å²) in [4.78, 5) is 26.2. The Balaban J connectivity index is 2.76. The third kappa shape index (κ3) is 5.98. The van der Waals surface area contributed by atoms with Crippen molar-refractivity contribution in [2.45, 2.75) is 39.3 Å². The largest absolute Gasteiger partial charge is 0.393 e. The van der Waals surface area contributed by atoms with Crippen LogP contribution in [0.3, 0.4) is 0 Å². The van der Waals surface area contributed by atoms with Crippen LogP contribution in [-0.4, -0.2) is 47.6 Å². The Bertz CT molecular complexity index is 529. The fraction of sp³-hybridized carbons (Fsp3) is 0.529. The van der Waals surface area contributed by atoms with Crippen molar-refractivity contribution >= 4 is 11.8 Å². The first-order valence-corrected chi connectivity index (χ1v) is 7.71. The zero-order valence-electron chi connectivity index (χ0n) is 14.0. The average molecular weight is 324 g/mol. The van der Waals surface area contributed by atoms with E-state index >= 15 is 0 Å². The molecule has 5 nitrogen and oxygen atoms in total. The second-order valence-corrected chi connectivity index (χ2v) is 6.10. The Morgan fingerprint density at radius 3 is 2.26 bits per heavy atom. The van der Waals surface area contributed by atoms with E-state index in [-0.39, 0.29) is 11.8 Å². The van der Waals surface area contributed by atoms with Crippen molar-refractivity contribution < 1.29 is 19.1 Å². The molecule has 1 rings (SSSR count). The lowest BCUT2D eigenvalue weighted by Gasteiger charge is -2.27. The first-order chi connectivity index (χ1) is 10.7. The standard InChI is InChI=1S/C17H25FN2O3/c1-11(2)15(17(23)20(4)10-9-12(3)21)19-16(22)13-5-7-14(18)8-6-13/h5-8,11-12,15,21H,9-10H2,1-4H3,(H,19,22). The lowest BCUT2D eigenvalue weighted by atomic mass is 10.0. The lowest BCUT2D eigenvalue weighted by molar-refractivity contribution is -0.133. The highest BCUT2D eigenvalue weighted by Gasteiger charge is 2.27. The van der Waals surface area contributed by atoms with Crippen LogP contribution in [0.25, 0.3) is 0 Å². The van der Waals surface area contributed by atoms with Gasteiger partial charge in [-0.25, -0.2) is 4.39 Å². The van der Waals surface area contributed by atoms with Crippen LogP contribution in [0.15, 0.2) is 24.3 Å². The van der Waals surface area contributed by atoms with Gasteiger partial charge >= 0.3 is 0 Å². The molecule has 0 aliphatic carbocycles. The SMILES string of the molecule is CC(O)CCN(C)C(=O)C(NC(=O)c1ccc(F)cc1)C(C)C. The van der Waals surface area contributed by atoms with Gasteiger partial charge < -0.3 is 15.3 Å². The maximum Gasteiger partial charge on any atom is 0.251 e. The fourth-order valence-corrected chi connectivity index (χ4v) is 2.07. The number of carbonyl (C=O) groups is 2. The summed E-state index contributed by atoms with van der Waals surface area (Å²) < 4.78 is 12.9. The third-order valence-electron chi connectivity index (χ3n) is 3.58. The van der Waals surface area contributed by atoms with Crippen LogP contribution in [0.5, 0.6) is 0 Å². The molecule has 0 radical (unpaired) electrons. The van der Waals surface area contributed by atoms with Gasteiger partial charge in [-0.2, -0.15) is 0 Å². The number of nitrogens with one attached hydrogen (secondary N) is 1. The molecule has 0 bridgehead atoms. The highest BCUT2D eigenvalue weighted by Crippen LogP contribution is 2.09. The van der Waals surface area contributed by atoms with Crippen molar-refractivity contribution in [3.63, 3.8) is 0 Å². The number of rotatable bonds is 7. The minimum absolute atomic E-state index is 0.0964. The van der Waals surface area contributed by atoms with Crippen molar-refractivity contribution in [3.8, 4) is 0 Å². The van der Waals surface area contributed by atoms with E-state index in [1.807, 2.05) is 13.8 Å². The normalized spacial score (nSPS) is 13.5. The molecule has 2 amide bonds. The van der Waals surface area contributed by atoms with E-state index in [1.54, 1.807) is 14.0 Å². The van der Waals surface area contributed by atoms with Crippen molar-refractivity contribution in [3.05, 3.63) is 35.6 Å². The lowest BCUT2D eigenvalue weighted by Crippen LogP contribution is -2.50. The molecule has 0 aromatic heterocycles. The van der Waals surface area contributed by atoms with E-state index in [2.05, 4.69) is 5.32 Å². The molecule has 2 unspecified atom stereocenters. The van der Waals surface area contributed by atoms with Crippen LogP contribution < -0.4 is 5.32 Å². The van der Waals surface area contributed by atoms with Gasteiger partial charge in [0.25, 0.3) is 5.91 Å². The zero-order chi connectivity index (χ0) is 17.6. The quantitative estimate of drug-likeness (QED) is 0.804. The van der Waals surface area contributed by atoms with Gasteiger partial charge in [0.15, 0.2) is 0 Å². The van der Waals surface area contributed by atoms with Crippen molar-refractivity contribution in [1.29, 1.82) is 0 Å². The molecule has 6 heteroatoms. The predicted octanol–water partition coefficient (Wildman–Crippen LogP) is 1.81. The Labute approximate surface area is 136 Å². The molecular formula is C17H25FN2O3. The molecule has 0 saturated carbocycles. The van der Waals surface area contributed by atoms with Crippen LogP contribution in [0.4, 0.5) is 4.39 Å². The number of benzene rings is 1. The Morgan fingerprint density at radius 1 is 1.22 bits per heavy atom. The molecule has 0 fully saturated rings. The summed E-state index contributed by atoms with van der Waals surface area (Å²) in [7, 11) is 1.64. The second kappa shape index (κ2) is 8.62. The molecule has 0 aliphatic heterocycles. The van der Waals surface area contributed by atoms with Gasteiger partial charge in [0.1, 0.15) is 11.9 Å². The maximum atomic E-state index is 12.9. The van der Waals surface area contributed by atoms with Gasteiger partial charge in [-0.1, -0.05) is 13.8 Å². The minimum atomic E-state index is -0.674. The minimum Gasteiger partial charge on any atom is -0.393 e. The molecule has 2 N–H and O–H groups in total. The summed E-state index contributed by atoms with van der Waals surface area (Å²) >= 11 is 0. The second-order valence-electron chi connectivity index (χ2n) is 6.10. The Morgan fingerprint density at radius 2 is 1.78 bits per heavy atom. The summed E-state index contributed by atoms with van der Waals surface area (Å²) in [5, 5.41) is 12.0. The fourth-order valence-electron chi connectivity index (χ4n) is 2.07. The van der Waals surface area contributed by atoms with Gasteiger partial charge in [-0.05, 0) is 43.5 Å². The molecule has 128 valence electrons. The summed E-state index contributed by atoms with van der Waals surface area (Å²) in [6.45, 7) is 5.76. The third-order valence-corrected chi connectivity index (χ3v) is 3.58. The average Bonchev–Trinajstić information content (AvgIpc) is 2.49. The van der Waals surface area contributed by atoms with E-state index in [1.165, 1.54) is 29.2 Å². The molecule has 0 saturated heterocycles. The number of nitrogens with zero attached hydrogens (tertiary/aromatic N) is 1. The predicted molar refractivity (Wildman–Crippen MR) is 86.4 cm³/mol. The van der Waals surface area contributed by atoms with E-state index in [0.29, 0.717) is 18.5 Å². The van der Waals surface area contributed by atoms with E-state index in [9.17, 15) is 19.1 Å². The summed E-state index contributed by atoms with van der Waals surface area (Å²) in [5.74, 6) is -1.14. The Hall–Kier alpha value is -1.95. The van der Waals surface area contributed by atoms with Gasteiger partial charge in [0, 0.05) is 19.2 Å². The first kappa shape index (κ1) is 19.1. The van der Waals surface area contributed by atoms with Gasteiger partial charge in [-0.3, -0.25) is 9.59 Å². The van der Waals surface area contributed by atoms with Gasteiger partial charge in [-0.15, -0.1) is 0 Å². The van der Waals surface area contributed by atoms with Crippen molar-refractivity contribution in [2.75, 3.05) is 13.6 Å². The number of aliphatic hydroxyl groups is 1. The van der Waals surface area contributed by atoms with Crippen LogP contribution in [-0.2, 0) is 4.79 Å². The summed E-state index contributed by atoms with van der Waals surface area (Å²) in [6, 6.07) is 4.49. The number of amides is 2. The van der Waals surface area contributed by atoms with E-state index in [4.69, 9.17) is 0 Å².